The molecule has 1 aliphatic heterocycles. The number of carbonyl (C=O) groups is 3. The molecule has 8 heteroatoms. The third-order valence-corrected chi connectivity index (χ3v) is 6.68. The van der Waals surface area contributed by atoms with Crippen molar-refractivity contribution < 1.29 is 19.1 Å². The van der Waals surface area contributed by atoms with E-state index in [2.05, 4.69) is 43.2 Å². The normalized spacial score (nSPS) is 14.9. The largest absolute Gasteiger partial charge is 0.487 e. The van der Waals surface area contributed by atoms with Crippen LogP contribution in [0, 0.1) is 6.92 Å². The van der Waals surface area contributed by atoms with Crippen LogP contribution < -0.4 is 15.0 Å². The summed E-state index contributed by atoms with van der Waals surface area (Å²) in [6.45, 7) is 4.42. The molecule has 0 aliphatic carbocycles. The number of nitrogens with one attached hydrogen (secondary N) is 1. The Morgan fingerprint density at radius 2 is 1.63 bits per heavy atom. The van der Waals surface area contributed by atoms with E-state index in [9.17, 15) is 14.4 Å². The molecule has 0 aromatic heterocycles. The molecule has 0 spiro atoms. The summed E-state index contributed by atoms with van der Waals surface area (Å²) in [5, 5.41) is 2.25. The topological polar surface area (TPSA) is 75.7 Å². The molecule has 1 fully saturated rings. The first-order valence-corrected chi connectivity index (χ1v) is 12.5. The van der Waals surface area contributed by atoms with E-state index in [0.717, 1.165) is 28.0 Å². The van der Waals surface area contributed by atoms with Crippen molar-refractivity contribution in [3.63, 3.8) is 0 Å². The number of barbiturate groups is 1. The number of hydrogen-bond acceptors (Lipinski definition) is 4. The maximum Gasteiger partial charge on any atom is 0.335 e. The van der Waals surface area contributed by atoms with E-state index in [-0.39, 0.29) is 5.57 Å². The molecule has 35 heavy (non-hydrogen) atoms. The van der Waals surface area contributed by atoms with Crippen molar-refractivity contribution in [1.82, 2.24) is 5.32 Å². The van der Waals surface area contributed by atoms with Crippen molar-refractivity contribution in [3.05, 3.63) is 97.4 Å². The van der Waals surface area contributed by atoms with Gasteiger partial charge >= 0.3 is 6.03 Å². The predicted molar refractivity (Wildman–Crippen MR) is 142 cm³/mol. The molecular formula is C27H22Br2N2O4. The number of rotatable bonds is 6. The lowest BCUT2D eigenvalue weighted by molar-refractivity contribution is -0.122. The lowest BCUT2D eigenvalue weighted by atomic mass is 10.1. The van der Waals surface area contributed by atoms with Gasteiger partial charge in [-0.25, -0.2) is 9.69 Å². The zero-order chi connectivity index (χ0) is 25.1. The quantitative estimate of drug-likeness (QED) is 0.266. The number of ether oxygens (including phenoxy) is 1. The number of nitrogens with zero attached hydrogens (tertiary/aromatic N) is 1. The average molecular weight is 598 g/mol. The first-order valence-electron chi connectivity index (χ1n) is 10.9. The van der Waals surface area contributed by atoms with Crippen molar-refractivity contribution in [2.24, 2.45) is 0 Å². The lowest BCUT2D eigenvalue weighted by Crippen LogP contribution is -2.54. The third-order valence-electron chi connectivity index (χ3n) is 5.50. The summed E-state index contributed by atoms with van der Waals surface area (Å²) in [5.41, 5.74) is 4.10. The Morgan fingerprint density at radius 1 is 0.943 bits per heavy atom. The van der Waals surface area contributed by atoms with E-state index < -0.39 is 17.8 Å². The van der Waals surface area contributed by atoms with Crippen LogP contribution in [0.15, 0.2) is 75.2 Å². The van der Waals surface area contributed by atoms with Crippen LogP contribution in [0.25, 0.3) is 6.08 Å². The van der Waals surface area contributed by atoms with Gasteiger partial charge in [0.1, 0.15) is 17.9 Å². The van der Waals surface area contributed by atoms with Crippen LogP contribution in [0.5, 0.6) is 5.75 Å². The van der Waals surface area contributed by atoms with E-state index in [4.69, 9.17) is 4.74 Å². The number of urea groups is 1. The van der Waals surface area contributed by atoms with Crippen molar-refractivity contribution in [2.75, 3.05) is 4.90 Å². The standard InChI is InChI=1S/C27H22Br2N2O4/c1-3-17-7-9-20(10-8-17)31-26(33)21(25(32)30-27(31)34)12-19-13-22(28)24(23(29)14-19)35-15-18-6-4-5-16(2)11-18/h4-14H,3,15H2,1-2H3,(H,30,32,34)/b21-12-. The minimum absolute atomic E-state index is 0.142. The van der Waals surface area contributed by atoms with Crippen molar-refractivity contribution >= 4 is 61.5 Å². The molecule has 0 saturated carbocycles. The first kappa shape index (κ1) is 24.9. The zero-order valence-electron chi connectivity index (χ0n) is 19.1. The number of halogens is 2. The number of aryl methyl sites for hydroxylation is 2. The van der Waals surface area contributed by atoms with Gasteiger partial charge in [-0.3, -0.25) is 14.9 Å². The van der Waals surface area contributed by atoms with Crippen molar-refractivity contribution in [1.29, 1.82) is 0 Å². The summed E-state index contributed by atoms with van der Waals surface area (Å²) in [5.74, 6) is -0.829. The molecule has 4 amide bonds. The van der Waals surface area contributed by atoms with E-state index in [1.165, 1.54) is 6.08 Å². The SMILES string of the molecule is CCc1ccc(N2C(=O)NC(=O)/C(=C/c3cc(Br)c(OCc4cccc(C)c4)c(Br)c3)C2=O)cc1. The molecule has 0 bridgehead atoms. The Morgan fingerprint density at radius 3 is 2.26 bits per heavy atom. The summed E-state index contributed by atoms with van der Waals surface area (Å²) < 4.78 is 7.29. The second-order valence-corrected chi connectivity index (χ2v) is 9.78. The highest BCUT2D eigenvalue weighted by atomic mass is 79.9. The van der Waals surface area contributed by atoms with Gasteiger partial charge in [0.25, 0.3) is 11.8 Å². The van der Waals surface area contributed by atoms with E-state index in [1.807, 2.05) is 44.2 Å². The van der Waals surface area contributed by atoms with E-state index >= 15 is 0 Å². The molecule has 1 N–H and O–H groups in total. The van der Waals surface area contributed by atoms with Gasteiger partial charge in [0.15, 0.2) is 0 Å². The molecule has 4 rings (SSSR count). The molecule has 3 aromatic rings. The Kier molecular flexibility index (Phi) is 7.52. The predicted octanol–water partition coefficient (Wildman–Crippen LogP) is 6.33. The molecule has 0 atom stereocenters. The highest BCUT2D eigenvalue weighted by Gasteiger charge is 2.36. The summed E-state index contributed by atoms with van der Waals surface area (Å²) >= 11 is 7.04. The fourth-order valence-electron chi connectivity index (χ4n) is 3.70. The van der Waals surface area contributed by atoms with Crippen LogP contribution in [0.2, 0.25) is 0 Å². The third kappa shape index (κ3) is 5.55. The summed E-state index contributed by atoms with van der Waals surface area (Å²) in [7, 11) is 0. The molecule has 0 radical (unpaired) electrons. The molecule has 1 saturated heterocycles. The van der Waals surface area contributed by atoms with Crippen LogP contribution in [0.3, 0.4) is 0 Å². The van der Waals surface area contributed by atoms with Gasteiger partial charge in [-0.15, -0.1) is 0 Å². The highest BCUT2D eigenvalue weighted by molar-refractivity contribution is 9.11. The maximum atomic E-state index is 13.2. The Hall–Kier alpha value is -3.23. The smallest absolute Gasteiger partial charge is 0.335 e. The van der Waals surface area contributed by atoms with Gasteiger partial charge in [0, 0.05) is 0 Å². The molecular weight excluding hydrogens is 576 g/mol. The minimum Gasteiger partial charge on any atom is -0.487 e. The molecule has 1 aliphatic rings. The van der Waals surface area contributed by atoms with Crippen LogP contribution in [-0.4, -0.2) is 17.8 Å². The van der Waals surface area contributed by atoms with Crippen LogP contribution in [-0.2, 0) is 22.6 Å². The summed E-state index contributed by atoms with van der Waals surface area (Å²) in [4.78, 5) is 39.1. The van der Waals surface area contributed by atoms with Crippen molar-refractivity contribution in [2.45, 2.75) is 26.9 Å². The number of anilines is 1. The van der Waals surface area contributed by atoms with Gasteiger partial charge in [0.2, 0.25) is 0 Å². The zero-order valence-corrected chi connectivity index (χ0v) is 22.3. The summed E-state index contributed by atoms with van der Waals surface area (Å²) in [6, 6.07) is 17.8. The Labute approximate surface area is 220 Å². The van der Waals surface area contributed by atoms with Gasteiger partial charge in [-0.2, -0.15) is 0 Å². The van der Waals surface area contributed by atoms with E-state index in [0.29, 0.717) is 32.6 Å². The van der Waals surface area contributed by atoms with Gasteiger partial charge in [0.05, 0.1) is 14.6 Å². The molecule has 3 aromatic carbocycles. The highest BCUT2D eigenvalue weighted by Crippen LogP contribution is 2.36. The second-order valence-electron chi connectivity index (χ2n) is 8.07. The first-order chi connectivity index (χ1) is 16.8. The molecule has 0 unspecified atom stereocenters. The number of hydrogen-bond donors (Lipinski definition) is 1. The second kappa shape index (κ2) is 10.6. The fraction of sp³-hybridized carbons (Fsp3) is 0.148. The van der Waals surface area contributed by atoms with Gasteiger partial charge in [-0.05, 0) is 92.2 Å². The summed E-state index contributed by atoms with van der Waals surface area (Å²) in [6.07, 6.45) is 2.29. The van der Waals surface area contributed by atoms with Crippen LogP contribution in [0.4, 0.5) is 10.5 Å². The molecule has 6 nitrogen and oxygen atoms in total. The Balaban J connectivity index is 1.60. The monoisotopic (exact) mass is 596 g/mol. The van der Waals surface area contributed by atoms with Crippen molar-refractivity contribution in [3.8, 4) is 5.75 Å². The van der Waals surface area contributed by atoms with E-state index in [1.54, 1.807) is 24.3 Å². The number of carbonyl (C=O) groups excluding carboxylic acids is 3. The van der Waals surface area contributed by atoms with Gasteiger partial charge in [-0.1, -0.05) is 48.9 Å². The minimum atomic E-state index is -0.774. The van der Waals surface area contributed by atoms with Crippen LogP contribution >= 0.6 is 31.9 Å². The van der Waals surface area contributed by atoms with Crippen LogP contribution in [0.1, 0.15) is 29.2 Å². The number of imide groups is 2. The molecule has 178 valence electrons. The fourth-order valence-corrected chi connectivity index (χ4v) is 5.15. The maximum absolute atomic E-state index is 13.2. The Bertz CT molecular complexity index is 1330. The lowest BCUT2D eigenvalue weighted by Gasteiger charge is -2.26. The molecule has 1 heterocycles. The number of benzene rings is 3. The average Bonchev–Trinajstić information content (AvgIpc) is 2.81. The number of amides is 4. The van der Waals surface area contributed by atoms with Gasteiger partial charge < -0.3 is 4.74 Å².